The number of methoxy groups -OCH3 is 1. The van der Waals surface area contributed by atoms with Crippen LogP contribution in [0.5, 0.6) is 0 Å². The van der Waals surface area contributed by atoms with Crippen molar-refractivity contribution in [3.8, 4) is 0 Å². The molecule has 17 heavy (non-hydrogen) atoms. The molecule has 0 saturated heterocycles. The summed E-state index contributed by atoms with van der Waals surface area (Å²) in [6.45, 7) is 1.74. The third-order valence-electron chi connectivity index (χ3n) is 2.28. The molecule has 5 nitrogen and oxygen atoms in total. The van der Waals surface area contributed by atoms with E-state index in [-0.39, 0.29) is 0 Å². The van der Waals surface area contributed by atoms with Gasteiger partial charge in [0.2, 0.25) is 0 Å². The average molecular weight is 232 g/mol. The second-order valence-corrected chi connectivity index (χ2v) is 3.45. The van der Waals surface area contributed by atoms with Crippen LogP contribution in [0.1, 0.15) is 12.7 Å². The maximum atomic E-state index is 10.8. The molecular weight excluding hydrogens is 220 g/mol. The third kappa shape index (κ3) is 2.44. The first-order chi connectivity index (χ1) is 8.20. The van der Waals surface area contributed by atoms with Crippen LogP contribution in [0.25, 0.3) is 11.0 Å². The lowest BCUT2D eigenvalue weighted by atomic mass is 10.2. The summed E-state index contributed by atoms with van der Waals surface area (Å²) in [4.78, 5) is 10.8. The van der Waals surface area contributed by atoms with Crippen LogP contribution < -0.4 is 5.43 Å². The normalized spacial score (nSPS) is 11.5. The van der Waals surface area contributed by atoms with Crippen molar-refractivity contribution < 1.29 is 13.9 Å². The summed E-state index contributed by atoms with van der Waals surface area (Å²) in [5.41, 5.74) is 3.60. The standard InChI is InChI=1S/C12H12N2O3/c1-8(13-14-12(15)16-2)11-7-9-5-3-4-6-10(9)17-11/h3-7H,1-2H3,(H,14,15)/b13-8+. The summed E-state index contributed by atoms with van der Waals surface area (Å²) in [6, 6.07) is 9.52. The van der Waals surface area contributed by atoms with Gasteiger partial charge in [0.05, 0.1) is 7.11 Å². The third-order valence-corrected chi connectivity index (χ3v) is 2.28. The number of amides is 1. The van der Waals surface area contributed by atoms with Crippen LogP contribution >= 0.6 is 0 Å². The molecule has 0 fully saturated rings. The van der Waals surface area contributed by atoms with Crippen LogP contribution in [-0.4, -0.2) is 18.9 Å². The minimum absolute atomic E-state index is 0.576. The molecule has 1 heterocycles. The monoisotopic (exact) mass is 232 g/mol. The van der Waals surface area contributed by atoms with Gasteiger partial charge in [0.15, 0.2) is 5.76 Å². The van der Waals surface area contributed by atoms with Crippen LogP contribution in [0, 0.1) is 0 Å². The van der Waals surface area contributed by atoms with E-state index in [4.69, 9.17) is 4.42 Å². The number of nitrogens with one attached hydrogen (secondary N) is 1. The van der Waals surface area contributed by atoms with Gasteiger partial charge in [-0.2, -0.15) is 5.10 Å². The van der Waals surface area contributed by atoms with Crippen LogP contribution in [0.3, 0.4) is 0 Å². The van der Waals surface area contributed by atoms with Crippen molar-refractivity contribution >= 4 is 22.8 Å². The van der Waals surface area contributed by atoms with Gasteiger partial charge in [-0.15, -0.1) is 0 Å². The Morgan fingerprint density at radius 2 is 2.18 bits per heavy atom. The maximum absolute atomic E-state index is 10.8. The van der Waals surface area contributed by atoms with E-state index >= 15 is 0 Å². The number of hydrogen-bond donors (Lipinski definition) is 1. The lowest BCUT2D eigenvalue weighted by Crippen LogP contribution is -2.18. The fourth-order valence-electron chi connectivity index (χ4n) is 1.39. The molecule has 1 N–H and O–H groups in total. The Balaban J connectivity index is 2.24. The van der Waals surface area contributed by atoms with E-state index in [2.05, 4.69) is 15.3 Å². The molecule has 88 valence electrons. The number of carbonyl (C=O) groups excluding carboxylic acids is 1. The van der Waals surface area contributed by atoms with Crippen molar-refractivity contribution in [2.24, 2.45) is 5.10 Å². The molecule has 0 spiro atoms. The minimum atomic E-state index is -0.611. The van der Waals surface area contributed by atoms with E-state index in [1.165, 1.54) is 7.11 Å². The van der Waals surface area contributed by atoms with Crippen LogP contribution in [0.2, 0.25) is 0 Å². The Kier molecular flexibility index (Phi) is 3.09. The number of para-hydroxylation sites is 1. The van der Waals surface area contributed by atoms with Gasteiger partial charge in [-0.1, -0.05) is 18.2 Å². The summed E-state index contributed by atoms with van der Waals surface area (Å²) in [5, 5.41) is 4.85. The summed E-state index contributed by atoms with van der Waals surface area (Å²) < 4.78 is 9.98. The molecule has 2 rings (SSSR count). The number of hydrazone groups is 1. The number of nitrogens with zero attached hydrogens (tertiary/aromatic N) is 1. The number of fused-ring (bicyclic) bond motifs is 1. The van der Waals surface area contributed by atoms with Crippen LogP contribution in [0.4, 0.5) is 4.79 Å². The first kappa shape index (κ1) is 11.2. The predicted molar refractivity (Wildman–Crippen MR) is 64.0 cm³/mol. The SMILES string of the molecule is COC(=O)N/N=C(\C)c1cc2ccccc2o1. The topological polar surface area (TPSA) is 63.8 Å². The highest BCUT2D eigenvalue weighted by Crippen LogP contribution is 2.19. The van der Waals surface area contributed by atoms with Crippen LogP contribution in [-0.2, 0) is 4.74 Å². The first-order valence-corrected chi connectivity index (χ1v) is 5.08. The molecule has 1 aromatic carbocycles. The number of rotatable bonds is 2. The smallest absolute Gasteiger partial charge is 0.427 e. The molecule has 0 aliphatic heterocycles. The van der Waals surface area contributed by atoms with Gasteiger partial charge in [0.25, 0.3) is 0 Å². The second-order valence-electron chi connectivity index (χ2n) is 3.45. The maximum Gasteiger partial charge on any atom is 0.427 e. The lowest BCUT2D eigenvalue weighted by molar-refractivity contribution is 0.171. The quantitative estimate of drug-likeness (QED) is 0.639. The molecule has 0 aliphatic carbocycles. The van der Waals surface area contributed by atoms with E-state index in [9.17, 15) is 4.79 Å². The molecule has 0 bridgehead atoms. The average Bonchev–Trinajstić information content (AvgIpc) is 2.79. The summed E-state index contributed by atoms with van der Waals surface area (Å²) in [6.07, 6.45) is -0.611. The number of ether oxygens (including phenoxy) is 1. The van der Waals surface area contributed by atoms with E-state index < -0.39 is 6.09 Å². The number of carbonyl (C=O) groups is 1. The Hall–Kier alpha value is -2.30. The molecule has 0 radical (unpaired) electrons. The molecule has 2 aromatic rings. The Bertz CT molecular complexity index is 539. The minimum Gasteiger partial charge on any atom is -0.455 e. The van der Waals surface area contributed by atoms with Crippen molar-refractivity contribution in [3.63, 3.8) is 0 Å². The highest BCUT2D eigenvalue weighted by atomic mass is 16.5. The predicted octanol–water partition coefficient (Wildman–Crippen LogP) is 2.51. The largest absolute Gasteiger partial charge is 0.455 e. The number of furan rings is 1. The van der Waals surface area contributed by atoms with E-state index in [1.54, 1.807) is 6.92 Å². The number of hydrogen-bond acceptors (Lipinski definition) is 4. The van der Waals surface area contributed by atoms with Crippen molar-refractivity contribution in [1.29, 1.82) is 0 Å². The molecule has 0 saturated carbocycles. The first-order valence-electron chi connectivity index (χ1n) is 5.08. The van der Waals surface area contributed by atoms with Gasteiger partial charge in [-0.25, -0.2) is 10.2 Å². The summed E-state index contributed by atoms with van der Waals surface area (Å²) in [5.74, 6) is 0.614. The molecular formula is C12H12N2O3. The van der Waals surface area contributed by atoms with Crippen molar-refractivity contribution in [1.82, 2.24) is 5.43 Å². The zero-order valence-electron chi connectivity index (χ0n) is 9.56. The lowest BCUT2D eigenvalue weighted by Gasteiger charge is -1.97. The second kappa shape index (κ2) is 4.69. The molecule has 1 amide bonds. The zero-order valence-corrected chi connectivity index (χ0v) is 9.56. The summed E-state index contributed by atoms with van der Waals surface area (Å²) >= 11 is 0. The van der Waals surface area contributed by atoms with E-state index in [0.717, 1.165) is 11.0 Å². The highest BCUT2D eigenvalue weighted by molar-refractivity contribution is 6.00. The van der Waals surface area contributed by atoms with Gasteiger partial charge >= 0.3 is 6.09 Å². The fourth-order valence-corrected chi connectivity index (χ4v) is 1.39. The van der Waals surface area contributed by atoms with Gasteiger partial charge < -0.3 is 9.15 Å². The van der Waals surface area contributed by atoms with Crippen molar-refractivity contribution in [2.45, 2.75) is 6.92 Å². The van der Waals surface area contributed by atoms with Crippen molar-refractivity contribution in [3.05, 3.63) is 36.1 Å². The Labute approximate surface area is 98.1 Å². The molecule has 0 atom stereocenters. The van der Waals surface area contributed by atoms with Gasteiger partial charge in [-0.05, 0) is 19.1 Å². The van der Waals surface area contributed by atoms with E-state index in [0.29, 0.717) is 11.5 Å². The van der Waals surface area contributed by atoms with Gasteiger partial charge in [0, 0.05) is 5.39 Å². The molecule has 0 unspecified atom stereocenters. The summed E-state index contributed by atoms with van der Waals surface area (Å²) in [7, 11) is 1.28. The molecule has 1 aromatic heterocycles. The molecule has 5 heteroatoms. The fraction of sp³-hybridized carbons (Fsp3) is 0.167. The van der Waals surface area contributed by atoms with E-state index in [1.807, 2.05) is 30.3 Å². The number of benzene rings is 1. The highest BCUT2D eigenvalue weighted by Gasteiger charge is 2.06. The molecule has 0 aliphatic rings. The Morgan fingerprint density at radius 1 is 1.41 bits per heavy atom. The van der Waals surface area contributed by atoms with Gasteiger partial charge in [0.1, 0.15) is 11.3 Å². The van der Waals surface area contributed by atoms with Crippen LogP contribution in [0.15, 0.2) is 39.9 Å². The van der Waals surface area contributed by atoms with Gasteiger partial charge in [-0.3, -0.25) is 0 Å². The zero-order chi connectivity index (χ0) is 12.3. The van der Waals surface area contributed by atoms with Crippen molar-refractivity contribution in [2.75, 3.05) is 7.11 Å². The Morgan fingerprint density at radius 3 is 2.88 bits per heavy atom.